The van der Waals surface area contributed by atoms with Gasteiger partial charge in [0, 0.05) is 13.1 Å². The van der Waals surface area contributed by atoms with Gasteiger partial charge >= 0.3 is 5.69 Å². The molecule has 0 saturated carbocycles. The van der Waals surface area contributed by atoms with E-state index >= 15 is 0 Å². The Kier molecular flexibility index (Phi) is 4.81. The Bertz CT molecular complexity index is 1350. The molecule has 4 aromatic rings. The number of aryl methyl sites for hydroxylation is 1. The van der Waals surface area contributed by atoms with Crippen LogP contribution in [0.3, 0.4) is 0 Å². The molecule has 0 aliphatic carbocycles. The number of thiazole rings is 1. The number of fused-ring (bicyclic) bond motifs is 3. The first-order valence-electron chi connectivity index (χ1n) is 9.97. The van der Waals surface area contributed by atoms with Crippen molar-refractivity contribution in [3.05, 3.63) is 40.6 Å². The van der Waals surface area contributed by atoms with Gasteiger partial charge in [-0.05, 0) is 37.5 Å². The van der Waals surface area contributed by atoms with E-state index in [1.807, 2.05) is 19.1 Å². The molecule has 0 atom stereocenters. The van der Waals surface area contributed by atoms with E-state index in [1.54, 1.807) is 6.07 Å². The second-order valence-electron chi connectivity index (χ2n) is 7.47. The van der Waals surface area contributed by atoms with Crippen molar-refractivity contribution >= 4 is 44.1 Å². The number of ether oxygens (including phenoxy) is 1. The Morgan fingerprint density at radius 3 is 2.87 bits per heavy atom. The molecular weight excluding hydrogens is 418 g/mol. The van der Waals surface area contributed by atoms with Gasteiger partial charge in [-0.25, -0.2) is 18.9 Å². The minimum absolute atomic E-state index is 0.225. The summed E-state index contributed by atoms with van der Waals surface area (Å²) in [5, 5.41) is 8.09. The Labute approximate surface area is 181 Å². The van der Waals surface area contributed by atoms with E-state index in [2.05, 4.69) is 25.3 Å². The van der Waals surface area contributed by atoms with Crippen LogP contribution in [0.4, 0.5) is 10.8 Å². The van der Waals surface area contributed by atoms with Gasteiger partial charge in [0.1, 0.15) is 23.3 Å². The summed E-state index contributed by atoms with van der Waals surface area (Å²) in [7, 11) is 1.54. The van der Waals surface area contributed by atoms with E-state index in [4.69, 9.17) is 4.74 Å². The predicted octanol–water partition coefficient (Wildman–Crippen LogP) is 2.06. The van der Waals surface area contributed by atoms with E-state index in [-0.39, 0.29) is 12.5 Å². The largest absolute Gasteiger partial charge is 0.495 e. The number of rotatable bonds is 5. The molecule has 11 heteroatoms. The molecular formula is C20H21N7O3S. The molecule has 31 heavy (non-hydrogen) atoms. The zero-order chi connectivity index (χ0) is 21.5. The van der Waals surface area contributed by atoms with Gasteiger partial charge in [0.25, 0.3) is 0 Å². The number of nitrogens with zero attached hydrogens (tertiary/aromatic N) is 6. The van der Waals surface area contributed by atoms with Gasteiger partial charge in [-0.2, -0.15) is 4.98 Å². The second-order valence-corrected chi connectivity index (χ2v) is 8.45. The number of hydrogen-bond acceptors (Lipinski definition) is 8. The summed E-state index contributed by atoms with van der Waals surface area (Å²) < 4.78 is 8.53. The van der Waals surface area contributed by atoms with Crippen molar-refractivity contribution in [1.29, 1.82) is 0 Å². The van der Waals surface area contributed by atoms with Crippen molar-refractivity contribution in [2.24, 2.45) is 0 Å². The van der Waals surface area contributed by atoms with Crippen LogP contribution in [0, 0.1) is 6.92 Å². The van der Waals surface area contributed by atoms with Crippen LogP contribution in [-0.4, -0.2) is 50.3 Å². The maximum absolute atomic E-state index is 12.8. The lowest BCUT2D eigenvalue weighted by molar-refractivity contribution is -0.117. The number of methoxy groups -OCH3 is 1. The third-order valence-electron chi connectivity index (χ3n) is 5.27. The number of hydrogen-bond donors (Lipinski definition) is 1. The van der Waals surface area contributed by atoms with E-state index in [0.29, 0.717) is 22.7 Å². The SMILES string of the molecule is COc1ccc(C)cc1NC(=O)Cn1nc2c3sc(N4CCCC4)nc3ncn2c1=O. The highest BCUT2D eigenvalue weighted by molar-refractivity contribution is 7.22. The molecule has 0 unspecified atom stereocenters. The van der Waals surface area contributed by atoms with Crippen molar-refractivity contribution in [3.63, 3.8) is 0 Å². The summed E-state index contributed by atoms with van der Waals surface area (Å²) in [5.41, 5.74) is 2.12. The molecule has 4 heterocycles. The van der Waals surface area contributed by atoms with Gasteiger partial charge in [-0.1, -0.05) is 17.4 Å². The molecule has 1 N–H and O–H groups in total. The molecule has 1 aliphatic rings. The lowest BCUT2D eigenvalue weighted by Gasteiger charge is -2.11. The average molecular weight is 440 g/mol. The first kappa shape index (κ1) is 19.5. The summed E-state index contributed by atoms with van der Waals surface area (Å²) in [6.45, 7) is 3.64. The fraction of sp³-hybridized carbons (Fsp3) is 0.350. The van der Waals surface area contributed by atoms with Crippen LogP contribution in [0.15, 0.2) is 29.3 Å². The maximum Gasteiger partial charge on any atom is 0.352 e. The lowest BCUT2D eigenvalue weighted by atomic mass is 10.2. The van der Waals surface area contributed by atoms with Crippen molar-refractivity contribution in [2.75, 3.05) is 30.4 Å². The predicted molar refractivity (Wildman–Crippen MR) is 118 cm³/mol. The van der Waals surface area contributed by atoms with Crippen LogP contribution in [0.25, 0.3) is 16.0 Å². The fourth-order valence-electron chi connectivity index (χ4n) is 3.72. The Balaban J connectivity index is 1.45. The molecule has 0 bridgehead atoms. The highest BCUT2D eigenvalue weighted by Gasteiger charge is 2.21. The van der Waals surface area contributed by atoms with Gasteiger partial charge in [-0.3, -0.25) is 4.79 Å². The standard InChI is InChI=1S/C20H21N7O3S/c1-12-5-6-14(30-2)13(9-12)22-15(28)10-27-20(29)26-11-21-17-16(18(26)24-27)31-19(23-17)25-7-3-4-8-25/h5-6,9,11H,3-4,7-8,10H2,1-2H3,(H,22,28). The molecule has 160 valence electrons. The third-order valence-corrected chi connectivity index (χ3v) is 6.37. The Morgan fingerprint density at radius 1 is 1.29 bits per heavy atom. The summed E-state index contributed by atoms with van der Waals surface area (Å²) in [5.74, 6) is 0.173. The molecule has 5 rings (SSSR count). The van der Waals surface area contributed by atoms with Gasteiger partial charge < -0.3 is 15.0 Å². The van der Waals surface area contributed by atoms with E-state index < -0.39 is 5.69 Å². The van der Waals surface area contributed by atoms with Gasteiger partial charge in [0.15, 0.2) is 16.4 Å². The summed E-state index contributed by atoms with van der Waals surface area (Å²) in [4.78, 5) is 36.6. The van der Waals surface area contributed by atoms with Crippen LogP contribution in [0.1, 0.15) is 18.4 Å². The van der Waals surface area contributed by atoms with Crippen molar-refractivity contribution in [3.8, 4) is 5.75 Å². The Morgan fingerprint density at radius 2 is 2.10 bits per heavy atom. The highest BCUT2D eigenvalue weighted by atomic mass is 32.1. The normalized spacial score (nSPS) is 13.9. The van der Waals surface area contributed by atoms with Crippen molar-refractivity contribution in [1.82, 2.24) is 24.1 Å². The smallest absolute Gasteiger partial charge is 0.352 e. The van der Waals surface area contributed by atoms with E-state index in [1.165, 1.54) is 29.2 Å². The number of benzene rings is 1. The lowest BCUT2D eigenvalue weighted by Crippen LogP contribution is -2.28. The van der Waals surface area contributed by atoms with Crippen LogP contribution in [0.2, 0.25) is 0 Å². The molecule has 1 amide bonds. The maximum atomic E-state index is 12.8. The summed E-state index contributed by atoms with van der Waals surface area (Å²) in [6, 6.07) is 5.49. The minimum atomic E-state index is -0.424. The van der Waals surface area contributed by atoms with Crippen LogP contribution in [0.5, 0.6) is 5.75 Å². The summed E-state index contributed by atoms with van der Waals surface area (Å²) >= 11 is 1.47. The number of amides is 1. The molecule has 1 saturated heterocycles. The molecule has 0 spiro atoms. The minimum Gasteiger partial charge on any atom is -0.495 e. The Hall–Kier alpha value is -3.47. The molecule has 10 nitrogen and oxygen atoms in total. The fourth-order valence-corrected chi connectivity index (χ4v) is 4.76. The first-order valence-corrected chi connectivity index (χ1v) is 10.8. The third kappa shape index (κ3) is 3.50. The molecule has 1 aromatic carbocycles. The van der Waals surface area contributed by atoms with Crippen molar-refractivity contribution in [2.45, 2.75) is 26.3 Å². The molecule has 0 radical (unpaired) electrons. The number of carbonyl (C=O) groups is 1. The van der Waals surface area contributed by atoms with E-state index in [9.17, 15) is 9.59 Å². The van der Waals surface area contributed by atoms with Gasteiger partial charge in [-0.15, -0.1) is 5.10 Å². The monoisotopic (exact) mass is 439 g/mol. The highest BCUT2D eigenvalue weighted by Crippen LogP contribution is 2.31. The number of anilines is 2. The number of carbonyl (C=O) groups excluding carboxylic acids is 1. The zero-order valence-corrected chi connectivity index (χ0v) is 18.0. The second kappa shape index (κ2) is 7.65. The molecule has 3 aromatic heterocycles. The summed E-state index contributed by atoms with van der Waals surface area (Å²) in [6.07, 6.45) is 3.71. The van der Waals surface area contributed by atoms with Gasteiger partial charge in [0.2, 0.25) is 5.91 Å². The number of nitrogens with one attached hydrogen (secondary N) is 1. The van der Waals surface area contributed by atoms with E-state index in [0.717, 1.165) is 46.0 Å². The zero-order valence-electron chi connectivity index (χ0n) is 17.2. The van der Waals surface area contributed by atoms with Crippen molar-refractivity contribution < 1.29 is 9.53 Å². The van der Waals surface area contributed by atoms with Gasteiger partial charge in [0.05, 0.1) is 12.8 Å². The molecule has 1 aliphatic heterocycles. The first-order chi connectivity index (χ1) is 15.0. The van der Waals surface area contributed by atoms with Crippen LogP contribution in [-0.2, 0) is 11.3 Å². The molecule has 1 fully saturated rings. The number of aromatic nitrogens is 5. The quantitative estimate of drug-likeness (QED) is 0.507. The van der Waals surface area contributed by atoms with Crippen LogP contribution >= 0.6 is 11.3 Å². The van der Waals surface area contributed by atoms with Crippen LogP contribution < -0.4 is 20.6 Å². The topological polar surface area (TPSA) is 107 Å². The average Bonchev–Trinajstić information content (AvgIpc) is 3.47.